The van der Waals surface area contributed by atoms with Gasteiger partial charge in [0.25, 0.3) is 12.3 Å². The normalized spacial score (nSPS) is 19.1. The molecule has 1 amide bonds. The van der Waals surface area contributed by atoms with Gasteiger partial charge in [-0.3, -0.25) is 9.48 Å². The zero-order valence-electron chi connectivity index (χ0n) is 11.0. The van der Waals surface area contributed by atoms with Crippen molar-refractivity contribution in [1.82, 2.24) is 14.7 Å². The summed E-state index contributed by atoms with van der Waals surface area (Å²) >= 11 is 0. The zero-order valence-corrected chi connectivity index (χ0v) is 11.0. The third-order valence-corrected chi connectivity index (χ3v) is 3.14. The molecule has 0 N–H and O–H groups in total. The van der Waals surface area contributed by atoms with E-state index in [0.717, 1.165) is 12.8 Å². The van der Waals surface area contributed by atoms with Crippen LogP contribution in [0.3, 0.4) is 0 Å². The van der Waals surface area contributed by atoms with Gasteiger partial charge in [0.05, 0.1) is 11.7 Å². The van der Waals surface area contributed by atoms with E-state index < -0.39 is 18.0 Å². The minimum absolute atomic E-state index is 0.000575. The van der Waals surface area contributed by atoms with Crippen LogP contribution in [0.2, 0.25) is 0 Å². The highest BCUT2D eigenvalue weighted by Crippen LogP contribution is 2.22. The summed E-state index contributed by atoms with van der Waals surface area (Å²) in [4.78, 5) is 13.6. The fourth-order valence-corrected chi connectivity index (χ4v) is 2.21. The van der Waals surface area contributed by atoms with Gasteiger partial charge >= 0.3 is 0 Å². The number of carbonyl (C=O) groups is 1. The lowest BCUT2D eigenvalue weighted by Gasteiger charge is -2.20. The molecule has 1 unspecified atom stereocenters. The van der Waals surface area contributed by atoms with E-state index in [0.29, 0.717) is 13.2 Å². The van der Waals surface area contributed by atoms with Gasteiger partial charge in [0.15, 0.2) is 0 Å². The van der Waals surface area contributed by atoms with E-state index in [-0.39, 0.29) is 11.7 Å². The van der Waals surface area contributed by atoms with Gasteiger partial charge in [-0.2, -0.15) is 5.10 Å². The van der Waals surface area contributed by atoms with Crippen molar-refractivity contribution < 1.29 is 18.3 Å². The Bertz CT molecular complexity index is 456. The lowest BCUT2D eigenvalue weighted by molar-refractivity contribution is 0.0580. The molecule has 1 saturated heterocycles. The van der Waals surface area contributed by atoms with Gasteiger partial charge in [-0.05, 0) is 12.8 Å². The second-order valence-corrected chi connectivity index (χ2v) is 4.72. The van der Waals surface area contributed by atoms with Gasteiger partial charge in [-0.15, -0.1) is 0 Å². The van der Waals surface area contributed by atoms with Gasteiger partial charge in [-0.1, -0.05) is 0 Å². The summed E-state index contributed by atoms with van der Waals surface area (Å²) in [6.07, 6.45) is 0.446. The van der Waals surface area contributed by atoms with E-state index in [9.17, 15) is 13.6 Å². The Labute approximate surface area is 110 Å². The van der Waals surface area contributed by atoms with Crippen LogP contribution in [0.5, 0.6) is 0 Å². The highest BCUT2D eigenvalue weighted by Gasteiger charge is 2.27. The summed E-state index contributed by atoms with van der Waals surface area (Å²) in [6, 6.07) is 0. The van der Waals surface area contributed by atoms with Crippen LogP contribution < -0.4 is 0 Å². The molecular formula is C12H17F2N3O2. The second-order valence-electron chi connectivity index (χ2n) is 4.72. The van der Waals surface area contributed by atoms with E-state index in [1.165, 1.54) is 22.8 Å². The topological polar surface area (TPSA) is 47.4 Å². The number of aromatic nitrogens is 2. The first-order chi connectivity index (χ1) is 8.99. The number of likely N-dealkylation sites (N-methyl/N-ethyl adjacent to an activating group) is 1. The molecule has 0 bridgehead atoms. The van der Waals surface area contributed by atoms with E-state index in [1.54, 1.807) is 7.05 Å². The zero-order chi connectivity index (χ0) is 14.0. The maximum absolute atomic E-state index is 12.8. The first-order valence-electron chi connectivity index (χ1n) is 6.17. The van der Waals surface area contributed by atoms with Crippen LogP contribution in [0.25, 0.3) is 0 Å². The minimum atomic E-state index is -2.75. The monoisotopic (exact) mass is 273 g/mol. The standard InChI is InChI=1S/C12H17F2N3O2/c1-16(6-8-4-3-5-19-8)12(18)9-7-17(2)15-10(9)11(13)14/h7-8,11H,3-6H2,1-2H3. The number of halogens is 2. The van der Waals surface area contributed by atoms with Crippen molar-refractivity contribution >= 4 is 5.91 Å². The van der Waals surface area contributed by atoms with Crippen LogP contribution in [0.1, 0.15) is 35.3 Å². The van der Waals surface area contributed by atoms with Gasteiger partial charge in [0.2, 0.25) is 0 Å². The number of amides is 1. The summed E-state index contributed by atoms with van der Waals surface area (Å²) in [7, 11) is 3.11. The molecular weight excluding hydrogens is 256 g/mol. The summed E-state index contributed by atoms with van der Waals surface area (Å²) in [5.74, 6) is -0.445. The Morgan fingerprint density at radius 3 is 3.00 bits per heavy atom. The molecule has 2 rings (SSSR count). The summed E-state index contributed by atoms with van der Waals surface area (Å²) in [5.41, 5.74) is -0.510. The Hall–Kier alpha value is -1.50. The Morgan fingerprint density at radius 2 is 2.42 bits per heavy atom. The second kappa shape index (κ2) is 5.64. The predicted octanol–water partition coefficient (Wildman–Crippen LogP) is 1.61. The van der Waals surface area contributed by atoms with Gasteiger partial charge in [0.1, 0.15) is 5.69 Å². The minimum Gasteiger partial charge on any atom is -0.376 e. The average molecular weight is 273 g/mol. The molecule has 1 fully saturated rings. The Balaban J connectivity index is 2.09. The number of aryl methyl sites for hydroxylation is 1. The van der Waals surface area contributed by atoms with Crippen LogP contribution in [-0.4, -0.2) is 46.9 Å². The molecule has 7 heteroatoms. The number of ether oxygens (including phenoxy) is 1. The number of carbonyl (C=O) groups excluding carboxylic acids is 1. The van der Waals surface area contributed by atoms with Crippen molar-refractivity contribution in [2.75, 3.05) is 20.2 Å². The van der Waals surface area contributed by atoms with Crippen LogP contribution >= 0.6 is 0 Å². The van der Waals surface area contributed by atoms with Crippen molar-refractivity contribution in [1.29, 1.82) is 0 Å². The average Bonchev–Trinajstić information content (AvgIpc) is 2.97. The van der Waals surface area contributed by atoms with Crippen molar-refractivity contribution in [3.63, 3.8) is 0 Å². The largest absolute Gasteiger partial charge is 0.376 e. The van der Waals surface area contributed by atoms with E-state index >= 15 is 0 Å². The molecule has 5 nitrogen and oxygen atoms in total. The summed E-state index contributed by atoms with van der Waals surface area (Å²) in [6.45, 7) is 1.11. The molecule has 1 atom stereocenters. The third-order valence-electron chi connectivity index (χ3n) is 3.14. The van der Waals surface area contributed by atoms with Crippen LogP contribution in [0.4, 0.5) is 8.78 Å². The first kappa shape index (κ1) is 13.9. The number of nitrogens with zero attached hydrogens (tertiary/aromatic N) is 3. The molecule has 0 radical (unpaired) electrons. The molecule has 0 aliphatic carbocycles. The number of hydrogen-bond donors (Lipinski definition) is 0. The molecule has 0 saturated carbocycles. The van der Waals surface area contributed by atoms with E-state index in [4.69, 9.17) is 4.74 Å². The highest BCUT2D eigenvalue weighted by molar-refractivity contribution is 5.95. The number of alkyl halides is 2. The van der Waals surface area contributed by atoms with Crippen LogP contribution in [-0.2, 0) is 11.8 Å². The van der Waals surface area contributed by atoms with Gasteiger partial charge < -0.3 is 9.64 Å². The van der Waals surface area contributed by atoms with Crippen molar-refractivity contribution in [3.05, 3.63) is 17.5 Å². The maximum atomic E-state index is 12.8. The highest BCUT2D eigenvalue weighted by atomic mass is 19.3. The molecule has 0 spiro atoms. The Kier molecular flexibility index (Phi) is 4.14. The van der Waals surface area contributed by atoms with Crippen molar-refractivity contribution in [2.24, 2.45) is 7.05 Å². The molecule has 2 heterocycles. The third kappa shape index (κ3) is 3.09. The fourth-order valence-electron chi connectivity index (χ4n) is 2.21. The molecule has 1 aliphatic heterocycles. The van der Waals surface area contributed by atoms with Crippen LogP contribution in [0.15, 0.2) is 6.20 Å². The Morgan fingerprint density at radius 1 is 1.68 bits per heavy atom. The van der Waals surface area contributed by atoms with E-state index in [1.807, 2.05) is 0 Å². The quantitative estimate of drug-likeness (QED) is 0.837. The molecule has 1 aromatic rings. The van der Waals surface area contributed by atoms with Crippen LogP contribution in [0, 0.1) is 0 Å². The predicted molar refractivity (Wildman–Crippen MR) is 64.1 cm³/mol. The van der Waals surface area contributed by atoms with Crippen molar-refractivity contribution in [2.45, 2.75) is 25.4 Å². The number of rotatable bonds is 4. The molecule has 1 aliphatic rings. The summed E-state index contributed by atoms with van der Waals surface area (Å²) in [5, 5.41) is 3.63. The first-order valence-corrected chi connectivity index (χ1v) is 6.17. The smallest absolute Gasteiger partial charge is 0.282 e. The molecule has 0 aromatic carbocycles. The lowest BCUT2D eigenvalue weighted by atomic mass is 10.2. The van der Waals surface area contributed by atoms with Gasteiger partial charge in [-0.25, -0.2) is 8.78 Å². The SMILES string of the molecule is CN(CC1CCCO1)C(=O)c1cn(C)nc1C(F)F. The van der Waals surface area contributed by atoms with Gasteiger partial charge in [0, 0.05) is 33.4 Å². The van der Waals surface area contributed by atoms with Crippen molar-refractivity contribution in [3.8, 4) is 0 Å². The lowest BCUT2D eigenvalue weighted by Crippen LogP contribution is -2.34. The maximum Gasteiger partial charge on any atom is 0.282 e. The molecule has 106 valence electrons. The molecule has 19 heavy (non-hydrogen) atoms. The molecule has 1 aromatic heterocycles. The number of hydrogen-bond acceptors (Lipinski definition) is 3. The van der Waals surface area contributed by atoms with E-state index in [2.05, 4.69) is 5.10 Å². The summed E-state index contributed by atoms with van der Waals surface area (Å²) < 4.78 is 32.3. The fraction of sp³-hybridized carbons (Fsp3) is 0.667.